The molecule has 0 aliphatic heterocycles. The lowest BCUT2D eigenvalue weighted by Gasteiger charge is -2.04. The average Bonchev–Trinajstić information content (AvgIpc) is 3.11. The van der Waals surface area contributed by atoms with Crippen LogP contribution in [0.3, 0.4) is 0 Å². The zero-order valence-corrected chi connectivity index (χ0v) is 11.8. The predicted octanol–water partition coefficient (Wildman–Crippen LogP) is 1.28. The molecule has 1 amide bonds. The highest BCUT2D eigenvalue weighted by Gasteiger charge is 2.19. The maximum atomic E-state index is 12.3. The molecular weight excluding hydrogens is 284 g/mol. The number of aromatic amines is 1. The number of aromatic nitrogens is 4. The molecule has 2 heterocycles. The number of nitrogen functional groups attached to an aromatic ring is 1. The normalized spacial score (nSPS) is 10.6. The molecule has 0 saturated carbocycles. The lowest BCUT2D eigenvalue weighted by Crippen LogP contribution is -2.24. The fraction of sp³-hybridized carbons (Fsp3) is 0.143. The summed E-state index contributed by atoms with van der Waals surface area (Å²) in [6.45, 7) is 1.81. The summed E-state index contributed by atoms with van der Waals surface area (Å²) < 4.78 is 5.20. The fourth-order valence-electron chi connectivity index (χ4n) is 2.07. The van der Waals surface area contributed by atoms with Crippen LogP contribution in [0.15, 0.2) is 34.7 Å². The fourth-order valence-corrected chi connectivity index (χ4v) is 2.07. The maximum Gasteiger partial charge on any atom is 0.270 e. The molecule has 0 aliphatic rings. The number of hydrogen-bond acceptors (Lipinski definition) is 6. The van der Waals surface area contributed by atoms with E-state index in [1.54, 1.807) is 6.92 Å². The van der Waals surface area contributed by atoms with Crippen molar-refractivity contribution >= 4 is 11.7 Å². The first-order chi connectivity index (χ1) is 10.6. The number of anilines is 1. The van der Waals surface area contributed by atoms with Gasteiger partial charge in [0.05, 0.1) is 12.1 Å². The minimum atomic E-state index is -0.348. The van der Waals surface area contributed by atoms with Gasteiger partial charge in [-0.05, 0) is 5.56 Å². The molecule has 1 aromatic carbocycles. The Morgan fingerprint density at radius 2 is 2.09 bits per heavy atom. The number of nitrogens with zero attached hydrogens (tertiary/aromatic N) is 3. The molecule has 0 unspecified atom stereocenters. The Kier molecular flexibility index (Phi) is 3.57. The number of nitrogens with two attached hydrogens (primary N) is 1. The van der Waals surface area contributed by atoms with Gasteiger partial charge in [-0.3, -0.25) is 9.89 Å². The summed E-state index contributed by atoms with van der Waals surface area (Å²) in [5, 5.41) is 16.8. The van der Waals surface area contributed by atoms with Crippen LogP contribution in [0.5, 0.6) is 0 Å². The molecule has 22 heavy (non-hydrogen) atoms. The summed E-state index contributed by atoms with van der Waals surface area (Å²) in [4.78, 5) is 12.3. The number of carbonyl (C=O) groups is 1. The topological polar surface area (TPSA) is 123 Å². The van der Waals surface area contributed by atoms with Crippen molar-refractivity contribution in [3.8, 4) is 11.1 Å². The molecule has 3 aromatic rings. The molecule has 8 heteroatoms. The summed E-state index contributed by atoms with van der Waals surface area (Å²) in [6, 6.07) is 9.34. The van der Waals surface area contributed by atoms with E-state index < -0.39 is 0 Å². The maximum absolute atomic E-state index is 12.3. The molecule has 2 aromatic heterocycles. The molecule has 112 valence electrons. The van der Waals surface area contributed by atoms with Crippen LogP contribution in [-0.2, 0) is 6.54 Å². The van der Waals surface area contributed by atoms with Crippen molar-refractivity contribution in [2.45, 2.75) is 13.5 Å². The van der Waals surface area contributed by atoms with Crippen molar-refractivity contribution in [2.75, 3.05) is 5.73 Å². The van der Waals surface area contributed by atoms with Crippen molar-refractivity contribution in [3.63, 3.8) is 0 Å². The van der Waals surface area contributed by atoms with Gasteiger partial charge in [0.15, 0.2) is 5.82 Å². The first kappa shape index (κ1) is 13.8. The minimum Gasteiger partial charge on any atom is -0.424 e. The second-order valence-corrected chi connectivity index (χ2v) is 4.62. The van der Waals surface area contributed by atoms with Gasteiger partial charge in [0.2, 0.25) is 11.8 Å². The molecule has 3 rings (SSSR count). The van der Waals surface area contributed by atoms with E-state index >= 15 is 0 Å². The summed E-state index contributed by atoms with van der Waals surface area (Å²) in [6.07, 6.45) is 0. The largest absolute Gasteiger partial charge is 0.424 e. The number of carbonyl (C=O) groups excluding carboxylic acids is 1. The van der Waals surface area contributed by atoms with E-state index in [9.17, 15) is 4.79 Å². The lowest BCUT2D eigenvalue weighted by atomic mass is 10.1. The highest BCUT2D eigenvalue weighted by atomic mass is 16.4. The van der Waals surface area contributed by atoms with Gasteiger partial charge in [-0.25, -0.2) is 0 Å². The highest BCUT2D eigenvalue weighted by molar-refractivity contribution is 6.01. The van der Waals surface area contributed by atoms with Gasteiger partial charge in [0.25, 0.3) is 5.91 Å². The van der Waals surface area contributed by atoms with Gasteiger partial charge in [-0.2, -0.15) is 5.10 Å². The van der Waals surface area contributed by atoms with Crippen LogP contribution in [0.4, 0.5) is 5.82 Å². The number of benzene rings is 1. The Hall–Kier alpha value is -3.16. The summed E-state index contributed by atoms with van der Waals surface area (Å²) >= 11 is 0. The molecule has 0 spiro atoms. The third-order valence-electron chi connectivity index (χ3n) is 3.05. The number of nitrogens with one attached hydrogen (secondary N) is 2. The van der Waals surface area contributed by atoms with E-state index in [0.717, 1.165) is 5.56 Å². The van der Waals surface area contributed by atoms with Crippen molar-refractivity contribution in [1.82, 2.24) is 25.7 Å². The molecule has 0 aliphatic carbocycles. The Balaban J connectivity index is 1.81. The lowest BCUT2D eigenvalue weighted by molar-refractivity contribution is 0.0942. The average molecular weight is 298 g/mol. The molecule has 0 bridgehead atoms. The Morgan fingerprint density at radius 3 is 2.77 bits per heavy atom. The van der Waals surface area contributed by atoms with E-state index in [-0.39, 0.29) is 18.3 Å². The van der Waals surface area contributed by atoms with Gasteiger partial charge in [0.1, 0.15) is 5.69 Å². The molecule has 0 radical (unpaired) electrons. The van der Waals surface area contributed by atoms with Gasteiger partial charge in [-0.1, -0.05) is 30.3 Å². The van der Waals surface area contributed by atoms with Crippen molar-refractivity contribution in [3.05, 3.63) is 47.8 Å². The number of H-pyrrole nitrogens is 1. The summed E-state index contributed by atoms with van der Waals surface area (Å²) in [5.41, 5.74) is 7.53. The number of aryl methyl sites for hydroxylation is 1. The molecule has 0 atom stereocenters. The Morgan fingerprint density at radius 1 is 1.32 bits per heavy atom. The van der Waals surface area contributed by atoms with Crippen molar-refractivity contribution in [2.24, 2.45) is 0 Å². The number of amides is 1. The first-order valence-corrected chi connectivity index (χ1v) is 6.61. The monoisotopic (exact) mass is 298 g/mol. The zero-order chi connectivity index (χ0) is 15.5. The third kappa shape index (κ3) is 2.66. The first-order valence-electron chi connectivity index (χ1n) is 6.61. The third-order valence-corrected chi connectivity index (χ3v) is 3.05. The van der Waals surface area contributed by atoms with Crippen LogP contribution in [-0.4, -0.2) is 26.3 Å². The number of hydrogen-bond donors (Lipinski definition) is 3. The van der Waals surface area contributed by atoms with Crippen LogP contribution in [0, 0.1) is 6.92 Å². The predicted molar refractivity (Wildman–Crippen MR) is 78.6 cm³/mol. The molecule has 0 fully saturated rings. The van der Waals surface area contributed by atoms with Crippen molar-refractivity contribution in [1.29, 1.82) is 0 Å². The second kappa shape index (κ2) is 5.68. The van der Waals surface area contributed by atoms with E-state index in [4.69, 9.17) is 10.2 Å². The van der Waals surface area contributed by atoms with Crippen LogP contribution in [0.1, 0.15) is 22.3 Å². The van der Waals surface area contributed by atoms with E-state index in [0.29, 0.717) is 23.0 Å². The van der Waals surface area contributed by atoms with Crippen LogP contribution in [0.25, 0.3) is 11.1 Å². The highest BCUT2D eigenvalue weighted by Crippen LogP contribution is 2.27. The Labute approximate surface area is 125 Å². The minimum absolute atomic E-state index is 0.132. The van der Waals surface area contributed by atoms with Crippen molar-refractivity contribution < 1.29 is 9.21 Å². The van der Waals surface area contributed by atoms with Gasteiger partial charge in [-0.15, -0.1) is 10.2 Å². The smallest absolute Gasteiger partial charge is 0.270 e. The Bertz CT molecular complexity index is 793. The standard InChI is InChI=1S/C14H14N6O2/c1-8-17-18-10(22-8)7-16-14(21)12-11(13(15)20-19-12)9-5-3-2-4-6-9/h2-6H,7H2,1H3,(H,16,21)(H3,15,19,20). The molecule has 0 saturated heterocycles. The summed E-state index contributed by atoms with van der Waals surface area (Å²) in [5.74, 6) is 0.698. The SMILES string of the molecule is Cc1nnc(CNC(=O)c2[nH]nc(N)c2-c2ccccc2)o1. The van der Waals surface area contributed by atoms with Gasteiger partial charge >= 0.3 is 0 Å². The van der Waals surface area contributed by atoms with Crippen LogP contribution < -0.4 is 11.1 Å². The van der Waals surface area contributed by atoms with Crippen LogP contribution in [0.2, 0.25) is 0 Å². The zero-order valence-electron chi connectivity index (χ0n) is 11.8. The van der Waals surface area contributed by atoms with E-state index in [1.807, 2.05) is 30.3 Å². The molecular formula is C14H14N6O2. The van der Waals surface area contributed by atoms with Crippen LogP contribution >= 0.6 is 0 Å². The van der Waals surface area contributed by atoms with Gasteiger partial charge < -0.3 is 15.5 Å². The quantitative estimate of drug-likeness (QED) is 0.666. The van der Waals surface area contributed by atoms with E-state index in [2.05, 4.69) is 25.7 Å². The second-order valence-electron chi connectivity index (χ2n) is 4.62. The van der Waals surface area contributed by atoms with E-state index in [1.165, 1.54) is 0 Å². The number of rotatable bonds is 4. The summed E-state index contributed by atoms with van der Waals surface area (Å²) in [7, 11) is 0. The van der Waals surface area contributed by atoms with Gasteiger partial charge in [0, 0.05) is 6.92 Å². The molecule has 4 N–H and O–H groups in total. The molecule has 8 nitrogen and oxygen atoms in total.